The van der Waals surface area contributed by atoms with E-state index in [1.165, 1.54) is 22.9 Å². The SMILES string of the molecule is Cc1cccc(CN2CCN(C(=O)CSc3nnc(-c4ccoc4C)o3)CC2)c1. The van der Waals surface area contributed by atoms with Gasteiger partial charge in [0.2, 0.25) is 5.91 Å². The molecule has 1 saturated heterocycles. The number of benzene rings is 1. The summed E-state index contributed by atoms with van der Waals surface area (Å²) in [6, 6.07) is 10.4. The van der Waals surface area contributed by atoms with E-state index in [-0.39, 0.29) is 5.91 Å². The summed E-state index contributed by atoms with van der Waals surface area (Å²) in [5.74, 6) is 1.54. The minimum absolute atomic E-state index is 0.101. The average Bonchev–Trinajstić information content (AvgIpc) is 3.35. The Hall–Kier alpha value is -2.58. The van der Waals surface area contributed by atoms with Gasteiger partial charge in [0.25, 0.3) is 11.1 Å². The van der Waals surface area contributed by atoms with Crippen LogP contribution in [0.2, 0.25) is 0 Å². The van der Waals surface area contributed by atoms with E-state index in [1.54, 1.807) is 12.3 Å². The Morgan fingerprint density at radius 2 is 1.97 bits per heavy atom. The maximum atomic E-state index is 12.6. The third kappa shape index (κ3) is 4.89. The normalized spacial score (nSPS) is 15.0. The van der Waals surface area contributed by atoms with E-state index in [0.717, 1.165) is 44.0 Å². The van der Waals surface area contributed by atoms with E-state index in [4.69, 9.17) is 8.83 Å². The highest BCUT2D eigenvalue weighted by Crippen LogP contribution is 2.26. The molecule has 0 spiro atoms. The van der Waals surface area contributed by atoms with Crippen molar-refractivity contribution in [3.63, 3.8) is 0 Å². The second kappa shape index (κ2) is 8.84. The molecule has 7 nitrogen and oxygen atoms in total. The molecule has 0 unspecified atom stereocenters. The maximum absolute atomic E-state index is 12.6. The molecule has 3 heterocycles. The first kappa shape index (κ1) is 19.7. The first-order chi connectivity index (χ1) is 14.1. The van der Waals surface area contributed by atoms with Crippen LogP contribution in [0.1, 0.15) is 16.9 Å². The molecule has 0 saturated carbocycles. The van der Waals surface area contributed by atoms with E-state index in [9.17, 15) is 4.79 Å². The Morgan fingerprint density at radius 1 is 1.14 bits per heavy atom. The fourth-order valence-electron chi connectivity index (χ4n) is 3.42. The number of aromatic nitrogens is 2. The number of rotatable bonds is 6. The summed E-state index contributed by atoms with van der Waals surface area (Å²) in [5, 5.41) is 8.45. The molecule has 4 rings (SSSR count). The van der Waals surface area contributed by atoms with Crippen LogP contribution in [0.3, 0.4) is 0 Å². The highest BCUT2D eigenvalue weighted by molar-refractivity contribution is 7.99. The Morgan fingerprint density at radius 3 is 2.69 bits per heavy atom. The van der Waals surface area contributed by atoms with Gasteiger partial charge in [-0.05, 0) is 25.5 Å². The predicted octanol–water partition coefficient (Wildman–Crippen LogP) is 3.38. The highest BCUT2D eigenvalue weighted by Gasteiger charge is 2.22. The summed E-state index contributed by atoms with van der Waals surface area (Å²) < 4.78 is 10.9. The van der Waals surface area contributed by atoms with Crippen molar-refractivity contribution >= 4 is 17.7 Å². The van der Waals surface area contributed by atoms with Crippen LogP contribution in [0.25, 0.3) is 11.5 Å². The smallest absolute Gasteiger partial charge is 0.277 e. The summed E-state index contributed by atoms with van der Waals surface area (Å²) in [6.45, 7) is 8.14. The second-order valence-electron chi connectivity index (χ2n) is 7.20. The molecule has 3 aromatic rings. The lowest BCUT2D eigenvalue weighted by molar-refractivity contribution is -0.130. The van der Waals surface area contributed by atoms with Crippen LogP contribution in [-0.4, -0.2) is 57.8 Å². The van der Waals surface area contributed by atoms with Gasteiger partial charge in [-0.15, -0.1) is 10.2 Å². The Bertz CT molecular complexity index is 976. The number of amides is 1. The predicted molar refractivity (Wildman–Crippen MR) is 110 cm³/mol. The molecule has 0 radical (unpaired) electrons. The van der Waals surface area contributed by atoms with E-state index in [2.05, 4.69) is 46.3 Å². The van der Waals surface area contributed by atoms with Gasteiger partial charge in [0.15, 0.2) is 0 Å². The highest BCUT2D eigenvalue weighted by atomic mass is 32.2. The number of carbonyl (C=O) groups excluding carboxylic acids is 1. The van der Waals surface area contributed by atoms with Crippen LogP contribution in [-0.2, 0) is 11.3 Å². The Balaban J connectivity index is 1.24. The van der Waals surface area contributed by atoms with Crippen LogP contribution >= 0.6 is 11.8 Å². The zero-order valence-electron chi connectivity index (χ0n) is 16.6. The van der Waals surface area contributed by atoms with Crippen molar-refractivity contribution in [2.45, 2.75) is 25.6 Å². The molecule has 29 heavy (non-hydrogen) atoms. The molecule has 0 atom stereocenters. The van der Waals surface area contributed by atoms with Gasteiger partial charge in [-0.25, -0.2) is 0 Å². The molecule has 0 N–H and O–H groups in total. The van der Waals surface area contributed by atoms with Gasteiger partial charge in [-0.2, -0.15) is 0 Å². The van der Waals surface area contributed by atoms with Crippen molar-refractivity contribution in [2.24, 2.45) is 0 Å². The van der Waals surface area contributed by atoms with Gasteiger partial charge >= 0.3 is 0 Å². The number of furan rings is 1. The number of piperazine rings is 1. The molecule has 1 amide bonds. The molecular formula is C21H24N4O3S. The molecule has 1 aromatic carbocycles. The summed E-state index contributed by atoms with van der Waals surface area (Å²) in [7, 11) is 0. The minimum atomic E-state index is 0.101. The minimum Gasteiger partial charge on any atom is -0.469 e. The topological polar surface area (TPSA) is 75.6 Å². The molecule has 1 fully saturated rings. The van der Waals surface area contributed by atoms with Crippen molar-refractivity contribution in [1.82, 2.24) is 20.0 Å². The van der Waals surface area contributed by atoms with Crippen LogP contribution in [0.15, 0.2) is 50.7 Å². The van der Waals surface area contributed by atoms with Gasteiger partial charge in [-0.3, -0.25) is 9.69 Å². The van der Waals surface area contributed by atoms with Crippen LogP contribution in [0.4, 0.5) is 0 Å². The van der Waals surface area contributed by atoms with E-state index in [1.807, 2.05) is 11.8 Å². The number of hydrogen-bond donors (Lipinski definition) is 0. The number of carbonyl (C=O) groups is 1. The monoisotopic (exact) mass is 412 g/mol. The van der Waals surface area contributed by atoms with Crippen molar-refractivity contribution in [1.29, 1.82) is 0 Å². The lowest BCUT2D eigenvalue weighted by Gasteiger charge is -2.34. The Kier molecular flexibility index (Phi) is 6.01. The molecule has 0 aliphatic carbocycles. The molecule has 1 aliphatic heterocycles. The first-order valence-corrected chi connectivity index (χ1v) is 10.6. The van der Waals surface area contributed by atoms with Crippen LogP contribution in [0.5, 0.6) is 0 Å². The average molecular weight is 413 g/mol. The molecule has 2 aromatic heterocycles. The quantitative estimate of drug-likeness (QED) is 0.575. The van der Waals surface area contributed by atoms with Gasteiger partial charge in [-0.1, -0.05) is 41.6 Å². The van der Waals surface area contributed by atoms with Crippen molar-refractivity contribution in [3.8, 4) is 11.5 Å². The van der Waals surface area contributed by atoms with Gasteiger partial charge in [0.05, 0.1) is 17.6 Å². The maximum Gasteiger partial charge on any atom is 0.277 e. The third-order valence-corrected chi connectivity index (χ3v) is 5.83. The largest absolute Gasteiger partial charge is 0.469 e. The van der Waals surface area contributed by atoms with Crippen LogP contribution in [0, 0.1) is 13.8 Å². The second-order valence-corrected chi connectivity index (χ2v) is 8.12. The molecule has 152 valence electrons. The standard InChI is InChI=1S/C21H24N4O3S/c1-15-4-3-5-17(12-15)13-24-7-9-25(10-8-24)19(26)14-29-21-23-22-20(28-21)18-6-11-27-16(18)2/h3-6,11-12H,7-10,13-14H2,1-2H3. The Labute approximate surface area is 174 Å². The molecular weight excluding hydrogens is 388 g/mol. The van der Waals surface area contributed by atoms with Gasteiger partial charge < -0.3 is 13.7 Å². The molecule has 8 heteroatoms. The van der Waals surface area contributed by atoms with Crippen LogP contribution < -0.4 is 0 Å². The fourth-order valence-corrected chi connectivity index (χ4v) is 4.09. The molecule has 0 bridgehead atoms. The number of thioether (sulfide) groups is 1. The van der Waals surface area contributed by atoms with Gasteiger partial charge in [0, 0.05) is 32.7 Å². The van der Waals surface area contributed by atoms with Gasteiger partial charge in [0.1, 0.15) is 5.76 Å². The van der Waals surface area contributed by atoms with E-state index >= 15 is 0 Å². The summed E-state index contributed by atoms with van der Waals surface area (Å²) in [5.41, 5.74) is 3.38. The third-order valence-electron chi connectivity index (χ3n) is 5.03. The first-order valence-electron chi connectivity index (χ1n) is 9.65. The molecule has 1 aliphatic rings. The van der Waals surface area contributed by atoms with E-state index < -0.39 is 0 Å². The lowest BCUT2D eigenvalue weighted by atomic mass is 10.1. The number of hydrogen-bond acceptors (Lipinski definition) is 7. The van der Waals surface area contributed by atoms with E-state index in [0.29, 0.717) is 16.9 Å². The van der Waals surface area contributed by atoms with Crippen molar-refractivity contribution in [2.75, 3.05) is 31.9 Å². The summed E-state index contributed by atoms with van der Waals surface area (Å²) in [4.78, 5) is 16.9. The zero-order valence-corrected chi connectivity index (χ0v) is 17.4. The number of nitrogens with zero attached hydrogens (tertiary/aromatic N) is 4. The zero-order chi connectivity index (χ0) is 20.2. The number of aryl methyl sites for hydroxylation is 2. The fraction of sp³-hybridized carbons (Fsp3) is 0.381. The van der Waals surface area contributed by atoms with Crippen molar-refractivity contribution in [3.05, 3.63) is 53.5 Å². The summed E-state index contributed by atoms with van der Waals surface area (Å²) >= 11 is 1.28. The lowest BCUT2D eigenvalue weighted by Crippen LogP contribution is -2.48. The summed E-state index contributed by atoms with van der Waals surface area (Å²) in [6.07, 6.45) is 1.59. The van der Waals surface area contributed by atoms with Crippen molar-refractivity contribution < 1.29 is 13.6 Å².